The molecule has 0 aliphatic rings. The fraction of sp³-hybridized carbons (Fsp3) is 0.200. The molecule has 0 aliphatic carbocycles. The number of hydrogen-bond donors (Lipinski definition) is 2. The Balaban J connectivity index is 2.01. The number of halogens is 11. The maximum absolute atomic E-state index is 15.1. The maximum Gasteiger partial charge on any atom is 0.435 e. The summed E-state index contributed by atoms with van der Waals surface area (Å²) in [6, 6.07) is 8.78. The Hall–Kier alpha value is -3.82. The summed E-state index contributed by atoms with van der Waals surface area (Å²) in [7, 11) is 0. The topological polar surface area (TPSA) is 67.4 Å². The van der Waals surface area contributed by atoms with Gasteiger partial charge in [-0.2, -0.15) is 35.1 Å². The number of carbonyl (C=O) groups is 2. The first-order valence-corrected chi connectivity index (χ1v) is 11.7. The minimum absolute atomic E-state index is 0.0521. The van der Waals surface area contributed by atoms with Gasteiger partial charge in [0.2, 0.25) is 0 Å². The van der Waals surface area contributed by atoms with Crippen LogP contribution in [0.1, 0.15) is 31.8 Å². The van der Waals surface area contributed by atoms with E-state index in [0.29, 0.717) is 0 Å². The van der Waals surface area contributed by atoms with Crippen molar-refractivity contribution < 1.29 is 58.2 Å². The van der Waals surface area contributed by atoms with E-state index >= 15 is 4.39 Å². The fourth-order valence-electron chi connectivity index (χ4n) is 3.46. The molecule has 3 rings (SSSR count). The zero-order valence-electron chi connectivity index (χ0n) is 20.2. The van der Waals surface area contributed by atoms with Crippen molar-refractivity contribution in [3.63, 3.8) is 0 Å². The summed E-state index contributed by atoms with van der Waals surface area (Å²) in [5.74, 6) is -5.04. The van der Waals surface area contributed by atoms with Crippen molar-refractivity contribution in [1.29, 1.82) is 0 Å². The molecule has 220 valence electrons. The van der Waals surface area contributed by atoms with Crippen LogP contribution >= 0.6 is 15.9 Å². The lowest BCUT2D eigenvalue weighted by Crippen LogP contribution is -2.50. The SMILES string of the molecule is Cc1ccc(C(=O)Nc2cccc(C(=O)Nc3c(Br)cc(C(F)(C(F)(F)F)C(F)(F)F)cc3OC(F)F)c2F)cc1. The lowest BCUT2D eigenvalue weighted by atomic mass is 9.93. The molecule has 0 aromatic heterocycles. The van der Waals surface area contributed by atoms with E-state index in [-0.39, 0.29) is 17.7 Å². The van der Waals surface area contributed by atoms with Crippen LogP contribution in [0.25, 0.3) is 0 Å². The van der Waals surface area contributed by atoms with Gasteiger partial charge < -0.3 is 15.4 Å². The summed E-state index contributed by atoms with van der Waals surface area (Å²) < 4.78 is 138. The van der Waals surface area contributed by atoms with Crippen molar-refractivity contribution in [2.75, 3.05) is 10.6 Å². The predicted octanol–water partition coefficient (Wildman–Crippen LogP) is 8.29. The van der Waals surface area contributed by atoms with Crippen LogP contribution in [-0.4, -0.2) is 30.8 Å². The van der Waals surface area contributed by atoms with Crippen molar-refractivity contribution >= 4 is 39.1 Å². The van der Waals surface area contributed by atoms with Gasteiger partial charge in [-0.25, -0.2) is 8.78 Å². The molecule has 41 heavy (non-hydrogen) atoms. The highest BCUT2D eigenvalue weighted by Crippen LogP contribution is 2.55. The third-order valence-corrected chi connectivity index (χ3v) is 6.12. The Morgan fingerprint density at radius 3 is 1.98 bits per heavy atom. The standard InChI is InChI=1S/C25H15BrF10N2O3/c1-11-5-7-12(8-6-11)20(39)37-16-4-2-3-14(18(16)27)21(40)38-19-15(26)9-13(10-17(19)41-22(28)29)23(30,24(31,32)33)25(34,35)36/h2-10,22H,1H3,(H,37,39)(H,38,40). The van der Waals surface area contributed by atoms with E-state index in [1.54, 1.807) is 19.1 Å². The first-order chi connectivity index (χ1) is 18.9. The third kappa shape index (κ3) is 6.57. The molecule has 3 aromatic carbocycles. The smallest absolute Gasteiger partial charge is 0.433 e. The number of rotatable bonds is 7. The molecule has 0 spiro atoms. The minimum atomic E-state index is -6.58. The Bertz CT molecular complexity index is 1440. The van der Waals surface area contributed by atoms with Gasteiger partial charge in [0.1, 0.15) is 0 Å². The van der Waals surface area contributed by atoms with Gasteiger partial charge in [-0.3, -0.25) is 9.59 Å². The summed E-state index contributed by atoms with van der Waals surface area (Å²) >= 11 is 2.52. The van der Waals surface area contributed by atoms with Crippen LogP contribution in [0, 0.1) is 12.7 Å². The summed E-state index contributed by atoms with van der Waals surface area (Å²) in [5.41, 5.74) is -9.54. The number of carbonyl (C=O) groups excluding carboxylic acids is 2. The summed E-state index contributed by atoms with van der Waals surface area (Å²) in [5, 5.41) is 4.06. The molecule has 5 nitrogen and oxygen atoms in total. The number of alkyl halides is 9. The van der Waals surface area contributed by atoms with E-state index in [1.165, 1.54) is 12.1 Å². The van der Waals surface area contributed by atoms with Crippen molar-refractivity contribution in [2.45, 2.75) is 31.6 Å². The van der Waals surface area contributed by atoms with Crippen molar-refractivity contribution in [3.05, 3.63) is 87.1 Å². The summed E-state index contributed by atoms with van der Waals surface area (Å²) in [4.78, 5) is 25.2. The Labute approximate surface area is 232 Å². The minimum Gasteiger partial charge on any atom is -0.433 e. The van der Waals surface area contributed by atoms with E-state index in [4.69, 9.17) is 0 Å². The van der Waals surface area contributed by atoms with Crippen LogP contribution in [0.2, 0.25) is 0 Å². The predicted molar refractivity (Wildman–Crippen MR) is 129 cm³/mol. The first-order valence-electron chi connectivity index (χ1n) is 11.0. The van der Waals surface area contributed by atoms with Crippen LogP contribution in [0.4, 0.5) is 55.3 Å². The van der Waals surface area contributed by atoms with Gasteiger partial charge in [0.05, 0.1) is 16.9 Å². The van der Waals surface area contributed by atoms with E-state index < -0.39 is 75.0 Å². The van der Waals surface area contributed by atoms with Gasteiger partial charge in [0.15, 0.2) is 11.6 Å². The van der Waals surface area contributed by atoms with Gasteiger partial charge in [-0.05, 0) is 59.3 Å². The molecule has 0 unspecified atom stereocenters. The van der Waals surface area contributed by atoms with E-state index in [9.17, 15) is 49.1 Å². The molecule has 0 atom stereocenters. The molecular weight excluding hydrogens is 646 g/mol. The van der Waals surface area contributed by atoms with Gasteiger partial charge in [-0.15, -0.1) is 0 Å². The average Bonchev–Trinajstić information content (AvgIpc) is 2.85. The van der Waals surface area contributed by atoms with Gasteiger partial charge >= 0.3 is 24.6 Å². The monoisotopic (exact) mass is 660 g/mol. The largest absolute Gasteiger partial charge is 0.435 e. The van der Waals surface area contributed by atoms with Crippen LogP contribution in [-0.2, 0) is 5.67 Å². The maximum atomic E-state index is 15.1. The number of nitrogens with one attached hydrogen (secondary N) is 2. The zero-order chi connectivity index (χ0) is 30.9. The molecule has 0 heterocycles. The molecule has 0 aliphatic heterocycles. The number of anilines is 2. The van der Waals surface area contributed by atoms with E-state index in [2.05, 4.69) is 26.0 Å². The van der Waals surface area contributed by atoms with Gasteiger partial charge in [0.25, 0.3) is 11.8 Å². The quantitative estimate of drug-likeness (QED) is 0.251. The van der Waals surface area contributed by atoms with Crippen molar-refractivity contribution in [2.24, 2.45) is 0 Å². The highest BCUT2D eigenvalue weighted by Gasteiger charge is 2.73. The highest BCUT2D eigenvalue weighted by atomic mass is 79.9. The number of aryl methyl sites for hydroxylation is 1. The van der Waals surface area contributed by atoms with E-state index in [1.807, 2.05) is 5.32 Å². The van der Waals surface area contributed by atoms with Gasteiger partial charge in [-0.1, -0.05) is 23.8 Å². The van der Waals surface area contributed by atoms with Gasteiger partial charge in [0, 0.05) is 15.6 Å². The molecular formula is C25H15BrF10N2O3. The second kappa shape index (κ2) is 11.6. The molecule has 16 heteroatoms. The molecule has 0 saturated carbocycles. The molecule has 0 radical (unpaired) electrons. The molecule has 0 bridgehead atoms. The van der Waals surface area contributed by atoms with Crippen LogP contribution in [0.15, 0.2) is 59.1 Å². The Morgan fingerprint density at radius 2 is 1.44 bits per heavy atom. The molecule has 0 fully saturated rings. The molecule has 0 saturated heterocycles. The summed E-state index contributed by atoms with van der Waals surface area (Å²) in [6.45, 7) is -2.09. The van der Waals surface area contributed by atoms with Crippen molar-refractivity contribution in [3.8, 4) is 5.75 Å². The second-order valence-corrected chi connectivity index (χ2v) is 9.16. The Morgan fingerprint density at radius 1 is 0.854 bits per heavy atom. The summed E-state index contributed by atoms with van der Waals surface area (Å²) in [6.07, 6.45) is -13.2. The average molecular weight is 661 g/mol. The lowest BCUT2D eigenvalue weighted by Gasteiger charge is -2.31. The lowest BCUT2D eigenvalue weighted by molar-refractivity contribution is -0.348. The highest BCUT2D eigenvalue weighted by molar-refractivity contribution is 9.10. The van der Waals surface area contributed by atoms with Crippen LogP contribution in [0.3, 0.4) is 0 Å². The zero-order valence-corrected chi connectivity index (χ0v) is 21.7. The molecule has 2 amide bonds. The fourth-order valence-corrected chi connectivity index (χ4v) is 4.00. The Kier molecular flexibility index (Phi) is 8.96. The number of benzene rings is 3. The van der Waals surface area contributed by atoms with E-state index in [0.717, 1.165) is 23.8 Å². The van der Waals surface area contributed by atoms with Crippen molar-refractivity contribution in [1.82, 2.24) is 0 Å². The molecule has 2 N–H and O–H groups in total. The third-order valence-electron chi connectivity index (χ3n) is 5.49. The number of amides is 2. The second-order valence-electron chi connectivity index (χ2n) is 8.31. The van der Waals surface area contributed by atoms with Crippen LogP contribution < -0.4 is 15.4 Å². The normalized spacial score (nSPS) is 12.3. The van der Waals surface area contributed by atoms with Crippen LogP contribution in [0.5, 0.6) is 5.75 Å². The first kappa shape index (κ1) is 31.7. The number of hydrogen-bond acceptors (Lipinski definition) is 3. The number of ether oxygens (including phenoxy) is 1. The molecule has 3 aromatic rings.